The zero-order valence-corrected chi connectivity index (χ0v) is 16.2. The van der Waals surface area contributed by atoms with Gasteiger partial charge in [0.05, 0.1) is 7.11 Å². The van der Waals surface area contributed by atoms with Crippen LogP contribution in [0, 0.1) is 0 Å². The monoisotopic (exact) mass is 392 g/mol. The SMILES string of the molecule is COc1ccnc(N2CCN(C(=O)CCSc3ccc(Cl)cc3)CC2)n1. The number of thioether (sulfide) groups is 1. The predicted octanol–water partition coefficient (Wildman–Crippen LogP) is 2.97. The maximum absolute atomic E-state index is 12.4. The minimum absolute atomic E-state index is 0.192. The molecule has 2 aromatic rings. The van der Waals surface area contributed by atoms with Gasteiger partial charge < -0.3 is 14.5 Å². The molecular weight excluding hydrogens is 372 g/mol. The van der Waals surface area contributed by atoms with Crippen LogP contribution in [0.15, 0.2) is 41.4 Å². The molecule has 1 aliphatic rings. The molecule has 1 amide bonds. The first-order valence-corrected chi connectivity index (χ1v) is 9.80. The third-order valence-electron chi connectivity index (χ3n) is 4.14. The summed E-state index contributed by atoms with van der Waals surface area (Å²) in [7, 11) is 1.59. The Morgan fingerprint density at radius 1 is 1.19 bits per heavy atom. The molecule has 1 aromatic carbocycles. The maximum atomic E-state index is 12.4. The molecule has 1 fully saturated rings. The number of hydrogen-bond donors (Lipinski definition) is 0. The highest BCUT2D eigenvalue weighted by molar-refractivity contribution is 7.99. The van der Waals surface area contributed by atoms with Crippen LogP contribution in [0.5, 0.6) is 5.88 Å². The topological polar surface area (TPSA) is 58.6 Å². The predicted molar refractivity (Wildman–Crippen MR) is 104 cm³/mol. The number of carbonyl (C=O) groups excluding carboxylic acids is 1. The number of anilines is 1. The molecule has 1 saturated heterocycles. The lowest BCUT2D eigenvalue weighted by Crippen LogP contribution is -2.49. The average Bonchev–Trinajstić information content (AvgIpc) is 2.69. The lowest BCUT2D eigenvalue weighted by Gasteiger charge is -2.34. The molecule has 0 saturated carbocycles. The van der Waals surface area contributed by atoms with Gasteiger partial charge in [0.15, 0.2) is 0 Å². The molecular formula is C18H21ClN4O2S. The number of benzene rings is 1. The number of aromatic nitrogens is 2. The zero-order chi connectivity index (χ0) is 18.4. The van der Waals surface area contributed by atoms with Gasteiger partial charge in [-0.05, 0) is 24.3 Å². The molecule has 26 heavy (non-hydrogen) atoms. The van der Waals surface area contributed by atoms with E-state index in [4.69, 9.17) is 16.3 Å². The number of halogens is 1. The van der Waals surface area contributed by atoms with Crippen LogP contribution in [0.1, 0.15) is 6.42 Å². The molecule has 2 heterocycles. The second-order valence-corrected chi connectivity index (χ2v) is 7.42. The standard InChI is InChI=1S/C18H21ClN4O2S/c1-25-16-6-8-20-18(21-16)23-11-9-22(10-12-23)17(24)7-13-26-15-4-2-14(19)3-5-15/h2-6,8H,7,9-13H2,1H3. The van der Waals surface area contributed by atoms with Crippen LogP contribution in [-0.2, 0) is 4.79 Å². The largest absolute Gasteiger partial charge is 0.481 e. The number of rotatable bonds is 6. The Labute approximate surface area is 162 Å². The fraction of sp³-hybridized carbons (Fsp3) is 0.389. The lowest BCUT2D eigenvalue weighted by molar-refractivity contribution is -0.131. The first-order chi connectivity index (χ1) is 12.7. The van der Waals surface area contributed by atoms with Crippen LogP contribution in [0.3, 0.4) is 0 Å². The van der Waals surface area contributed by atoms with Crippen molar-refractivity contribution in [3.63, 3.8) is 0 Å². The summed E-state index contributed by atoms with van der Waals surface area (Å²) in [5, 5.41) is 0.725. The van der Waals surface area contributed by atoms with E-state index in [-0.39, 0.29) is 5.91 Å². The van der Waals surface area contributed by atoms with E-state index in [0.717, 1.165) is 28.8 Å². The van der Waals surface area contributed by atoms with Gasteiger partial charge >= 0.3 is 0 Å². The van der Waals surface area contributed by atoms with Crippen molar-refractivity contribution in [2.45, 2.75) is 11.3 Å². The van der Waals surface area contributed by atoms with E-state index in [1.54, 1.807) is 31.1 Å². The number of nitrogens with zero attached hydrogens (tertiary/aromatic N) is 4. The van der Waals surface area contributed by atoms with E-state index in [1.807, 2.05) is 29.2 Å². The molecule has 0 aliphatic carbocycles. The van der Waals surface area contributed by atoms with Crippen LogP contribution >= 0.6 is 23.4 Å². The number of amides is 1. The number of piperazine rings is 1. The Morgan fingerprint density at radius 3 is 2.62 bits per heavy atom. The Hall–Kier alpha value is -1.99. The molecule has 0 atom stereocenters. The van der Waals surface area contributed by atoms with Gasteiger partial charge in [-0.15, -0.1) is 11.8 Å². The number of hydrogen-bond acceptors (Lipinski definition) is 6. The highest BCUT2D eigenvalue weighted by atomic mass is 35.5. The van der Waals surface area contributed by atoms with Gasteiger partial charge in [-0.1, -0.05) is 11.6 Å². The Bertz CT molecular complexity index is 736. The summed E-state index contributed by atoms with van der Waals surface area (Å²) in [6.45, 7) is 2.82. The fourth-order valence-corrected chi connectivity index (χ4v) is 3.67. The van der Waals surface area contributed by atoms with Crippen molar-refractivity contribution in [3.05, 3.63) is 41.6 Å². The van der Waals surface area contributed by atoms with Crippen molar-refractivity contribution in [2.75, 3.05) is 43.9 Å². The summed E-state index contributed by atoms with van der Waals surface area (Å²) < 4.78 is 5.14. The maximum Gasteiger partial charge on any atom is 0.228 e. The average molecular weight is 393 g/mol. The molecule has 6 nitrogen and oxygen atoms in total. The third kappa shape index (κ3) is 5.02. The summed E-state index contributed by atoms with van der Waals surface area (Å²) in [4.78, 5) is 26.2. The van der Waals surface area contributed by atoms with Gasteiger partial charge in [0, 0.05) is 60.5 Å². The van der Waals surface area contributed by atoms with Crippen LogP contribution in [0.2, 0.25) is 5.02 Å². The van der Waals surface area contributed by atoms with Crippen molar-refractivity contribution in [1.82, 2.24) is 14.9 Å². The highest BCUT2D eigenvalue weighted by Crippen LogP contribution is 2.21. The second-order valence-electron chi connectivity index (χ2n) is 5.82. The Morgan fingerprint density at radius 2 is 1.92 bits per heavy atom. The van der Waals surface area contributed by atoms with Crippen LogP contribution in [-0.4, -0.2) is 59.8 Å². The van der Waals surface area contributed by atoms with Gasteiger partial charge in [0.2, 0.25) is 17.7 Å². The van der Waals surface area contributed by atoms with Gasteiger partial charge in [0.1, 0.15) is 0 Å². The van der Waals surface area contributed by atoms with E-state index >= 15 is 0 Å². The number of ether oxygens (including phenoxy) is 1. The molecule has 138 valence electrons. The minimum atomic E-state index is 0.192. The van der Waals surface area contributed by atoms with E-state index in [2.05, 4.69) is 14.9 Å². The normalized spacial score (nSPS) is 14.4. The Balaban J connectivity index is 1.43. The van der Waals surface area contributed by atoms with Gasteiger partial charge in [-0.2, -0.15) is 4.98 Å². The third-order valence-corrected chi connectivity index (χ3v) is 5.41. The van der Waals surface area contributed by atoms with Crippen LogP contribution in [0.25, 0.3) is 0 Å². The number of carbonyl (C=O) groups is 1. The molecule has 0 N–H and O–H groups in total. The van der Waals surface area contributed by atoms with E-state index < -0.39 is 0 Å². The smallest absolute Gasteiger partial charge is 0.228 e. The molecule has 0 unspecified atom stereocenters. The van der Waals surface area contributed by atoms with Gasteiger partial charge in [-0.25, -0.2) is 4.98 Å². The van der Waals surface area contributed by atoms with Gasteiger partial charge in [0.25, 0.3) is 0 Å². The molecule has 0 bridgehead atoms. The van der Waals surface area contributed by atoms with E-state index in [9.17, 15) is 4.79 Å². The van der Waals surface area contributed by atoms with E-state index in [1.165, 1.54) is 0 Å². The summed E-state index contributed by atoms with van der Waals surface area (Å²) in [6, 6.07) is 9.41. The van der Waals surface area contributed by atoms with E-state index in [0.29, 0.717) is 31.3 Å². The molecule has 1 aromatic heterocycles. The zero-order valence-electron chi connectivity index (χ0n) is 14.6. The van der Waals surface area contributed by atoms with Crippen LogP contribution in [0.4, 0.5) is 5.95 Å². The Kier molecular flexibility index (Phi) is 6.57. The van der Waals surface area contributed by atoms with Crippen molar-refractivity contribution in [3.8, 4) is 5.88 Å². The van der Waals surface area contributed by atoms with Crippen molar-refractivity contribution in [1.29, 1.82) is 0 Å². The minimum Gasteiger partial charge on any atom is -0.481 e. The molecule has 0 spiro atoms. The molecule has 8 heteroatoms. The van der Waals surface area contributed by atoms with Crippen LogP contribution < -0.4 is 9.64 Å². The summed E-state index contributed by atoms with van der Waals surface area (Å²) in [5.41, 5.74) is 0. The fourth-order valence-electron chi connectivity index (χ4n) is 2.70. The molecule has 1 aliphatic heterocycles. The number of methoxy groups -OCH3 is 1. The molecule has 3 rings (SSSR count). The highest BCUT2D eigenvalue weighted by Gasteiger charge is 2.22. The first kappa shape index (κ1) is 18.8. The van der Waals surface area contributed by atoms with Gasteiger partial charge in [-0.3, -0.25) is 4.79 Å². The molecule has 0 radical (unpaired) electrons. The summed E-state index contributed by atoms with van der Waals surface area (Å²) in [6.07, 6.45) is 2.22. The quantitative estimate of drug-likeness (QED) is 0.704. The van der Waals surface area contributed by atoms with Crippen molar-refractivity contribution in [2.24, 2.45) is 0 Å². The van der Waals surface area contributed by atoms with Crippen molar-refractivity contribution >= 4 is 35.2 Å². The second kappa shape index (κ2) is 9.09. The summed E-state index contributed by atoms with van der Waals surface area (Å²) in [5.74, 6) is 2.15. The lowest BCUT2D eigenvalue weighted by atomic mass is 10.3. The summed E-state index contributed by atoms with van der Waals surface area (Å²) >= 11 is 7.55. The first-order valence-electron chi connectivity index (χ1n) is 8.44. The van der Waals surface area contributed by atoms with Crippen molar-refractivity contribution < 1.29 is 9.53 Å².